The third-order valence-electron chi connectivity index (χ3n) is 3.68. The molecule has 1 unspecified atom stereocenters. The summed E-state index contributed by atoms with van der Waals surface area (Å²) < 4.78 is 4.65. The van der Waals surface area contributed by atoms with Crippen molar-refractivity contribution in [2.75, 3.05) is 13.7 Å². The number of esters is 1. The maximum atomic E-state index is 11.1. The van der Waals surface area contributed by atoms with Gasteiger partial charge in [-0.25, -0.2) is 0 Å². The fourth-order valence-corrected chi connectivity index (χ4v) is 2.35. The number of hydrogen-bond donors (Lipinski definition) is 1. The van der Waals surface area contributed by atoms with Crippen LogP contribution in [0, 0.1) is 12.8 Å². The fraction of sp³-hybridized carbons (Fsp3) is 0.562. The number of methoxy groups -OCH3 is 1. The number of nitrogens with one attached hydrogen (secondary N) is 1. The van der Waals surface area contributed by atoms with Gasteiger partial charge in [-0.1, -0.05) is 29.8 Å². The Kier molecular flexibility index (Phi) is 4.97. The zero-order chi connectivity index (χ0) is 13.7. The first-order valence-electron chi connectivity index (χ1n) is 7.07. The number of rotatable bonds is 7. The van der Waals surface area contributed by atoms with Gasteiger partial charge in [0.15, 0.2) is 0 Å². The predicted molar refractivity (Wildman–Crippen MR) is 75.9 cm³/mol. The molecule has 3 nitrogen and oxygen atoms in total. The molecule has 0 aromatic heterocycles. The van der Waals surface area contributed by atoms with Gasteiger partial charge in [-0.15, -0.1) is 0 Å². The molecule has 1 saturated carbocycles. The molecular formula is C16H23NO2. The van der Waals surface area contributed by atoms with E-state index < -0.39 is 0 Å². The molecule has 3 heteroatoms. The second-order valence-electron chi connectivity index (χ2n) is 5.36. The van der Waals surface area contributed by atoms with Crippen LogP contribution in [-0.2, 0) is 9.53 Å². The standard InChI is InChI=1S/C16H23NO2/c1-12-5-7-13(8-6-12)16(14-9-10-14)17-11-3-4-15(18)19-2/h5-8,14,16-17H,3-4,9-11H2,1-2H3. The summed E-state index contributed by atoms with van der Waals surface area (Å²) in [6.07, 6.45) is 3.95. The van der Waals surface area contributed by atoms with E-state index in [4.69, 9.17) is 0 Å². The molecule has 0 aliphatic heterocycles. The minimum Gasteiger partial charge on any atom is -0.469 e. The summed E-state index contributed by atoms with van der Waals surface area (Å²) in [7, 11) is 1.44. The summed E-state index contributed by atoms with van der Waals surface area (Å²) in [5.41, 5.74) is 2.66. The third-order valence-corrected chi connectivity index (χ3v) is 3.68. The van der Waals surface area contributed by atoms with Crippen molar-refractivity contribution in [3.05, 3.63) is 35.4 Å². The van der Waals surface area contributed by atoms with E-state index in [2.05, 4.69) is 41.2 Å². The Balaban J connectivity index is 1.83. The highest BCUT2D eigenvalue weighted by Crippen LogP contribution is 2.40. The maximum absolute atomic E-state index is 11.1. The van der Waals surface area contributed by atoms with Gasteiger partial charge in [0.1, 0.15) is 0 Å². The summed E-state index contributed by atoms with van der Waals surface area (Å²) in [4.78, 5) is 11.1. The lowest BCUT2D eigenvalue weighted by molar-refractivity contribution is -0.140. The van der Waals surface area contributed by atoms with Crippen molar-refractivity contribution in [3.8, 4) is 0 Å². The van der Waals surface area contributed by atoms with Crippen LogP contribution in [-0.4, -0.2) is 19.6 Å². The Morgan fingerprint density at radius 2 is 2.05 bits per heavy atom. The highest BCUT2D eigenvalue weighted by atomic mass is 16.5. The van der Waals surface area contributed by atoms with E-state index in [9.17, 15) is 4.79 Å². The molecule has 0 saturated heterocycles. The second kappa shape index (κ2) is 6.71. The van der Waals surface area contributed by atoms with Gasteiger partial charge in [0, 0.05) is 12.5 Å². The summed E-state index contributed by atoms with van der Waals surface area (Å²) in [5, 5.41) is 3.59. The van der Waals surface area contributed by atoms with Gasteiger partial charge in [-0.3, -0.25) is 4.79 Å². The average molecular weight is 261 g/mol. The number of benzene rings is 1. The van der Waals surface area contributed by atoms with E-state index in [1.165, 1.54) is 31.1 Å². The summed E-state index contributed by atoms with van der Waals surface area (Å²) in [5.74, 6) is 0.640. The van der Waals surface area contributed by atoms with Crippen LogP contribution in [0.2, 0.25) is 0 Å². The maximum Gasteiger partial charge on any atom is 0.305 e. The summed E-state index contributed by atoms with van der Waals surface area (Å²) in [6, 6.07) is 9.21. The van der Waals surface area contributed by atoms with E-state index in [0.717, 1.165) is 18.9 Å². The molecule has 0 heterocycles. The molecular weight excluding hydrogens is 238 g/mol. The molecule has 1 aliphatic carbocycles. The Hall–Kier alpha value is -1.35. The predicted octanol–water partition coefficient (Wildman–Crippen LogP) is 2.99. The van der Waals surface area contributed by atoms with Crippen molar-refractivity contribution >= 4 is 5.97 Å². The summed E-state index contributed by atoms with van der Waals surface area (Å²) >= 11 is 0. The van der Waals surface area contributed by atoms with Gasteiger partial charge >= 0.3 is 5.97 Å². The molecule has 2 rings (SSSR count). The van der Waals surface area contributed by atoms with Crippen LogP contribution in [0.5, 0.6) is 0 Å². The summed E-state index contributed by atoms with van der Waals surface area (Å²) in [6.45, 7) is 2.98. The number of carbonyl (C=O) groups is 1. The molecule has 19 heavy (non-hydrogen) atoms. The number of ether oxygens (including phenoxy) is 1. The van der Waals surface area contributed by atoms with E-state index in [0.29, 0.717) is 12.5 Å². The van der Waals surface area contributed by atoms with Gasteiger partial charge in [-0.2, -0.15) is 0 Å². The topological polar surface area (TPSA) is 38.3 Å². The first-order chi connectivity index (χ1) is 9.20. The quantitative estimate of drug-likeness (QED) is 0.605. The minimum atomic E-state index is -0.125. The minimum absolute atomic E-state index is 0.125. The largest absolute Gasteiger partial charge is 0.469 e. The molecule has 1 aromatic carbocycles. The lowest BCUT2D eigenvalue weighted by Crippen LogP contribution is -2.24. The third kappa shape index (κ3) is 4.35. The van der Waals surface area contributed by atoms with Gasteiger partial charge in [0.2, 0.25) is 0 Å². The molecule has 0 bridgehead atoms. The van der Waals surface area contributed by atoms with Crippen LogP contribution < -0.4 is 5.32 Å². The van der Waals surface area contributed by atoms with Gasteiger partial charge in [0.05, 0.1) is 7.11 Å². The van der Waals surface area contributed by atoms with Gasteiger partial charge in [-0.05, 0) is 44.2 Å². The van der Waals surface area contributed by atoms with E-state index in [1.54, 1.807) is 0 Å². The highest BCUT2D eigenvalue weighted by Gasteiger charge is 2.31. The molecule has 1 aromatic rings. The number of carbonyl (C=O) groups excluding carboxylic acids is 1. The van der Waals surface area contributed by atoms with E-state index in [1.807, 2.05) is 0 Å². The van der Waals surface area contributed by atoms with Gasteiger partial charge < -0.3 is 10.1 Å². The first kappa shape index (κ1) is 14.1. The number of aryl methyl sites for hydroxylation is 1. The van der Waals surface area contributed by atoms with Crippen LogP contribution >= 0.6 is 0 Å². The Bertz CT molecular complexity index is 409. The highest BCUT2D eigenvalue weighted by molar-refractivity contribution is 5.69. The number of hydrogen-bond acceptors (Lipinski definition) is 3. The smallest absolute Gasteiger partial charge is 0.305 e. The molecule has 104 valence electrons. The zero-order valence-electron chi connectivity index (χ0n) is 11.8. The van der Waals surface area contributed by atoms with Crippen LogP contribution in [0.25, 0.3) is 0 Å². The van der Waals surface area contributed by atoms with Crippen LogP contribution in [0.15, 0.2) is 24.3 Å². The molecule has 1 N–H and O–H groups in total. The van der Waals surface area contributed by atoms with Crippen LogP contribution in [0.4, 0.5) is 0 Å². The Labute approximate surface area is 115 Å². The van der Waals surface area contributed by atoms with Crippen LogP contribution in [0.3, 0.4) is 0 Å². The van der Waals surface area contributed by atoms with Crippen LogP contribution in [0.1, 0.15) is 42.9 Å². The molecule has 1 fully saturated rings. The van der Waals surface area contributed by atoms with Crippen molar-refractivity contribution in [1.82, 2.24) is 5.32 Å². The lowest BCUT2D eigenvalue weighted by atomic mass is 10.0. The Morgan fingerprint density at radius 1 is 1.37 bits per heavy atom. The van der Waals surface area contributed by atoms with Gasteiger partial charge in [0.25, 0.3) is 0 Å². The van der Waals surface area contributed by atoms with Crippen molar-refractivity contribution < 1.29 is 9.53 Å². The van der Waals surface area contributed by atoms with Crippen molar-refractivity contribution in [3.63, 3.8) is 0 Å². The second-order valence-corrected chi connectivity index (χ2v) is 5.36. The molecule has 0 radical (unpaired) electrons. The molecule has 1 atom stereocenters. The van der Waals surface area contributed by atoms with Crippen molar-refractivity contribution in [2.45, 2.75) is 38.6 Å². The van der Waals surface area contributed by atoms with E-state index >= 15 is 0 Å². The molecule has 1 aliphatic rings. The van der Waals surface area contributed by atoms with E-state index in [-0.39, 0.29) is 5.97 Å². The monoisotopic (exact) mass is 261 g/mol. The molecule has 0 spiro atoms. The fourth-order valence-electron chi connectivity index (χ4n) is 2.35. The Morgan fingerprint density at radius 3 is 2.63 bits per heavy atom. The average Bonchev–Trinajstić information content (AvgIpc) is 3.24. The SMILES string of the molecule is COC(=O)CCCNC(c1ccc(C)cc1)C1CC1. The first-order valence-corrected chi connectivity index (χ1v) is 7.07. The zero-order valence-corrected chi connectivity index (χ0v) is 11.8. The normalized spacial score (nSPS) is 16.1. The molecule has 0 amide bonds. The van der Waals surface area contributed by atoms with Crippen molar-refractivity contribution in [2.24, 2.45) is 5.92 Å². The lowest BCUT2D eigenvalue weighted by Gasteiger charge is -2.19. The van der Waals surface area contributed by atoms with Crippen molar-refractivity contribution in [1.29, 1.82) is 0 Å².